The number of amidine groups is 2. The Morgan fingerprint density at radius 3 is 2.64 bits per heavy atom. The quantitative estimate of drug-likeness (QED) is 0.454. The van der Waals surface area contributed by atoms with E-state index < -0.39 is 0 Å². The molecule has 0 saturated carbocycles. The van der Waals surface area contributed by atoms with Crippen LogP contribution in [0.1, 0.15) is 62.2 Å². The Hall–Kier alpha value is -3.42. The minimum absolute atomic E-state index is 0.0276. The number of hydrogen-bond donors (Lipinski definition) is 2. The molecule has 0 radical (unpaired) electrons. The monoisotopic (exact) mass is 491 g/mol. The maximum atomic E-state index is 12.6. The number of nitrogens with one attached hydrogen (secondary N) is 1. The maximum absolute atomic E-state index is 12.6. The van der Waals surface area contributed by atoms with Crippen molar-refractivity contribution in [3.8, 4) is 0 Å². The summed E-state index contributed by atoms with van der Waals surface area (Å²) in [5.74, 6) is 1.42. The first-order valence-electron chi connectivity index (χ1n) is 13.1. The molecular formula is C28H41N7O. The average molecular weight is 492 g/mol. The molecule has 0 bridgehead atoms. The number of nitrogens with two attached hydrogens (primary N) is 1. The van der Waals surface area contributed by atoms with Crippen LogP contribution >= 0.6 is 0 Å². The SMILES string of the molecule is C=CN=C1CN(CCCCNC(=O)c2ccc(N3CCCC3)cc2)C(CCCC)=NCC(N)=NC1=C. The lowest BCUT2D eigenvalue weighted by molar-refractivity contribution is 0.0953. The number of amides is 1. The molecule has 3 N–H and O–H groups in total. The van der Waals surface area contributed by atoms with Gasteiger partial charge in [-0.3, -0.25) is 14.8 Å². The fourth-order valence-electron chi connectivity index (χ4n) is 4.45. The van der Waals surface area contributed by atoms with E-state index in [0.29, 0.717) is 36.7 Å². The third-order valence-corrected chi connectivity index (χ3v) is 6.48. The molecule has 2 aliphatic rings. The Bertz CT molecular complexity index is 988. The summed E-state index contributed by atoms with van der Waals surface area (Å²) >= 11 is 0. The first-order valence-corrected chi connectivity index (χ1v) is 13.1. The van der Waals surface area contributed by atoms with Crippen LogP contribution in [0.5, 0.6) is 0 Å². The molecule has 0 aliphatic carbocycles. The van der Waals surface area contributed by atoms with Crippen LogP contribution in [-0.4, -0.2) is 67.5 Å². The van der Waals surface area contributed by atoms with Crippen LogP contribution in [0.4, 0.5) is 5.69 Å². The lowest BCUT2D eigenvalue weighted by Crippen LogP contribution is -2.37. The van der Waals surface area contributed by atoms with Gasteiger partial charge in [-0.25, -0.2) is 4.99 Å². The molecule has 8 heteroatoms. The van der Waals surface area contributed by atoms with Crippen molar-refractivity contribution in [3.05, 3.63) is 54.9 Å². The summed E-state index contributed by atoms with van der Waals surface area (Å²) in [6.07, 6.45) is 8.77. The van der Waals surface area contributed by atoms with E-state index in [9.17, 15) is 4.79 Å². The first-order chi connectivity index (χ1) is 17.5. The van der Waals surface area contributed by atoms with Crippen LogP contribution in [0.15, 0.2) is 64.3 Å². The molecule has 1 fully saturated rings. The number of carbonyl (C=O) groups excluding carboxylic acids is 1. The number of rotatable bonds is 11. The van der Waals surface area contributed by atoms with Crippen molar-refractivity contribution in [2.24, 2.45) is 20.7 Å². The van der Waals surface area contributed by atoms with Crippen LogP contribution in [-0.2, 0) is 0 Å². The van der Waals surface area contributed by atoms with Crippen LogP contribution < -0.4 is 16.0 Å². The van der Waals surface area contributed by atoms with Crippen molar-refractivity contribution in [1.29, 1.82) is 0 Å². The Labute approximate surface area is 215 Å². The van der Waals surface area contributed by atoms with E-state index in [1.807, 2.05) is 12.1 Å². The molecule has 0 atom stereocenters. The molecule has 36 heavy (non-hydrogen) atoms. The number of carbonyl (C=O) groups is 1. The fraction of sp³-hybridized carbons (Fsp3) is 0.500. The lowest BCUT2D eigenvalue weighted by atomic mass is 10.1. The van der Waals surface area contributed by atoms with Gasteiger partial charge in [-0.2, -0.15) is 0 Å². The molecule has 8 nitrogen and oxygen atoms in total. The van der Waals surface area contributed by atoms with Gasteiger partial charge in [0.05, 0.1) is 30.3 Å². The summed E-state index contributed by atoms with van der Waals surface area (Å²) in [7, 11) is 0. The van der Waals surface area contributed by atoms with Gasteiger partial charge in [-0.15, -0.1) is 0 Å². The molecule has 2 aliphatic heterocycles. The zero-order valence-corrected chi connectivity index (χ0v) is 21.7. The highest BCUT2D eigenvalue weighted by molar-refractivity contribution is 6.06. The van der Waals surface area contributed by atoms with Crippen LogP contribution in [0.2, 0.25) is 0 Å². The number of anilines is 1. The van der Waals surface area contributed by atoms with Crippen molar-refractivity contribution in [2.75, 3.05) is 44.2 Å². The van der Waals surface area contributed by atoms with Gasteiger partial charge < -0.3 is 20.9 Å². The Balaban J connectivity index is 1.53. The zero-order chi connectivity index (χ0) is 25.8. The molecule has 1 aromatic carbocycles. The Kier molecular flexibility index (Phi) is 10.7. The minimum Gasteiger partial charge on any atom is -0.386 e. The van der Waals surface area contributed by atoms with Gasteiger partial charge in [0.15, 0.2) is 0 Å². The number of aliphatic imine (C=N–C) groups is 3. The third-order valence-electron chi connectivity index (χ3n) is 6.48. The number of nitrogens with zero attached hydrogens (tertiary/aromatic N) is 5. The van der Waals surface area contributed by atoms with Gasteiger partial charge in [-0.1, -0.05) is 26.5 Å². The van der Waals surface area contributed by atoms with Crippen LogP contribution in [0.25, 0.3) is 0 Å². The molecule has 2 heterocycles. The fourth-order valence-corrected chi connectivity index (χ4v) is 4.45. The highest BCUT2D eigenvalue weighted by atomic mass is 16.1. The molecule has 0 unspecified atom stereocenters. The van der Waals surface area contributed by atoms with Gasteiger partial charge in [0.1, 0.15) is 5.84 Å². The average Bonchev–Trinajstić information content (AvgIpc) is 3.43. The van der Waals surface area contributed by atoms with Crippen molar-refractivity contribution in [1.82, 2.24) is 10.2 Å². The molecule has 1 aromatic rings. The largest absolute Gasteiger partial charge is 0.386 e. The van der Waals surface area contributed by atoms with E-state index in [2.05, 4.69) is 57.3 Å². The van der Waals surface area contributed by atoms with E-state index in [-0.39, 0.29) is 5.91 Å². The second-order valence-electron chi connectivity index (χ2n) is 9.27. The van der Waals surface area contributed by atoms with E-state index in [4.69, 9.17) is 10.7 Å². The van der Waals surface area contributed by atoms with E-state index in [1.165, 1.54) is 24.7 Å². The zero-order valence-electron chi connectivity index (χ0n) is 21.7. The topological polar surface area (TPSA) is 98.7 Å². The molecule has 0 spiro atoms. The van der Waals surface area contributed by atoms with Gasteiger partial charge in [-0.05, 0) is 56.4 Å². The second-order valence-corrected chi connectivity index (χ2v) is 9.27. The molecular weight excluding hydrogens is 450 g/mol. The molecule has 0 aromatic heterocycles. The van der Waals surface area contributed by atoms with Gasteiger partial charge in [0.2, 0.25) is 0 Å². The Morgan fingerprint density at radius 2 is 1.94 bits per heavy atom. The normalized spacial score (nSPS) is 17.8. The summed E-state index contributed by atoms with van der Waals surface area (Å²) in [6.45, 7) is 14.5. The van der Waals surface area contributed by atoms with Crippen molar-refractivity contribution in [2.45, 2.75) is 51.9 Å². The van der Waals surface area contributed by atoms with Crippen LogP contribution in [0.3, 0.4) is 0 Å². The van der Waals surface area contributed by atoms with E-state index >= 15 is 0 Å². The van der Waals surface area contributed by atoms with Crippen molar-refractivity contribution in [3.63, 3.8) is 0 Å². The highest BCUT2D eigenvalue weighted by Crippen LogP contribution is 2.20. The smallest absolute Gasteiger partial charge is 0.251 e. The minimum atomic E-state index is -0.0276. The second kappa shape index (κ2) is 14.2. The van der Waals surface area contributed by atoms with Gasteiger partial charge in [0, 0.05) is 50.1 Å². The molecule has 3 rings (SSSR count). The van der Waals surface area contributed by atoms with Gasteiger partial charge in [0.25, 0.3) is 5.91 Å². The maximum Gasteiger partial charge on any atom is 0.251 e. The predicted octanol–water partition coefficient (Wildman–Crippen LogP) is 4.16. The van der Waals surface area contributed by atoms with Crippen LogP contribution in [0, 0.1) is 0 Å². The molecule has 1 saturated heterocycles. The number of hydrogen-bond acceptors (Lipinski definition) is 7. The summed E-state index contributed by atoms with van der Waals surface area (Å²) in [5, 5.41) is 3.06. The predicted molar refractivity (Wildman–Crippen MR) is 151 cm³/mol. The van der Waals surface area contributed by atoms with Crippen molar-refractivity contribution >= 4 is 29.0 Å². The third kappa shape index (κ3) is 8.07. The van der Waals surface area contributed by atoms with Gasteiger partial charge >= 0.3 is 0 Å². The molecule has 1 amide bonds. The summed E-state index contributed by atoms with van der Waals surface area (Å²) in [4.78, 5) is 30.8. The number of unbranched alkanes of at least 4 members (excludes halogenated alkanes) is 2. The first kappa shape index (κ1) is 27.2. The highest BCUT2D eigenvalue weighted by Gasteiger charge is 2.18. The van der Waals surface area contributed by atoms with E-state index in [1.54, 1.807) is 0 Å². The summed E-state index contributed by atoms with van der Waals surface area (Å²) < 4.78 is 0. The summed E-state index contributed by atoms with van der Waals surface area (Å²) in [6, 6.07) is 7.94. The van der Waals surface area contributed by atoms with E-state index in [0.717, 1.165) is 63.3 Å². The number of benzene rings is 1. The summed E-state index contributed by atoms with van der Waals surface area (Å²) in [5.41, 5.74) is 9.24. The lowest BCUT2D eigenvalue weighted by Gasteiger charge is -2.27. The molecule has 194 valence electrons. The standard InChI is InChI=1S/C28H41N7O/c1-4-6-11-27-32-20-26(29)33-22(3)25(30-5-2)21-35(27)19-8-7-16-31-28(36)23-12-14-24(15-13-23)34-17-9-10-18-34/h5,12-15H,2-4,6-11,16-21H2,1H3,(H2,29,33)(H,31,36). The Morgan fingerprint density at radius 1 is 1.19 bits per heavy atom. The van der Waals surface area contributed by atoms with Crippen molar-refractivity contribution < 1.29 is 4.79 Å².